The van der Waals surface area contributed by atoms with Crippen molar-refractivity contribution in [3.8, 4) is 0 Å². The lowest BCUT2D eigenvalue weighted by molar-refractivity contribution is 0.123. The zero-order valence-electron chi connectivity index (χ0n) is 12.5. The number of nitrogens with zero attached hydrogens (tertiary/aromatic N) is 2. The summed E-state index contributed by atoms with van der Waals surface area (Å²) in [4.78, 5) is 4.82. The molecule has 2 unspecified atom stereocenters. The van der Waals surface area contributed by atoms with Gasteiger partial charge in [-0.1, -0.05) is 0 Å². The normalized spacial score (nSPS) is 27.1. The molecule has 0 saturated carbocycles. The van der Waals surface area contributed by atoms with Crippen molar-refractivity contribution in [3.05, 3.63) is 18.2 Å². The van der Waals surface area contributed by atoms with E-state index in [0.717, 1.165) is 37.7 Å². The lowest BCUT2D eigenvalue weighted by atomic mass is 10.1. The molecule has 3 rings (SSSR count). The van der Waals surface area contributed by atoms with E-state index >= 15 is 0 Å². The van der Waals surface area contributed by atoms with Gasteiger partial charge >= 0.3 is 0 Å². The number of morpholine rings is 1. The summed E-state index contributed by atoms with van der Waals surface area (Å²) in [6.07, 6.45) is 2.54. The molecule has 1 aromatic rings. The summed E-state index contributed by atoms with van der Waals surface area (Å²) in [5.41, 5.74) is 9.60. The Morgan fingerprint density at radius 3 is 2.35 bits per heavy atom. The largest absolute Gasteiger partial charge is 0.397 e. The highest BCUT2D eigenvalue weighted by Crippen LogP contribution is 2.34. The Balaban J connectivity index is 1.83. The summed E-state index contributed by atoms with van der Waals surface area (Å²) in [6, 6.07) is 7.76. The van der Waals surface area contributed by atoms with Crippen LogP contribution in [0.1, 0.15) is 26.7 Å². The molecule has 2 saturated heterocycles. The number of nitrogens with two attached hydrogens (primary N) is 1. The average molecular weight is 275 g/mol. The van der Waals surface area contributed by atoms with Crippen molar-refractivity contribution in [1.29, 1.82) is 0 Å². The van der Waals surface area contributed by atoms with Gasteiger partial charge in [0, 0.05) is 30.9 Å². The molecular formula is C16H25N3O. The first-order chi connectivity index (χ1) is 9.66. The molecule has 0 aliphatic carbocycles. The smallest absolute Gasteiger partial charge is 0.0642 e. The minimum Gasteiger partial charge on any atom is -0.397 e. The number of nitrogen functional groups attached to an aromatic ring is 1. The average Bonchev–Trinajstić information content (AvgIpc) is 2.79. The maximum atomic E-state index is 6.30. The molecule has 0 radical (unpaired) electrons. The molecule has 2 atom stereocenters. The minimum absolute atomic E-state index is 0.610. The second-order valence-corrected chi connectivity index (χ2v) is 6.03. The third-order valence-corrected chi connectivity index (χ3v) is 4.61. The standard InChI is InChI=1S/C16H25N3O/c1-12-3-4-13(2)19(12)14-5-6-16(15(17)11-14)18-7-9-20-10-8-18/h5-6,11-13H,3-4,7-10,17H2,1-2H3. The number of benzene rings is 1. The van der Waals surface area contributed by atoms with E-state index in [9.17, 15) is 0 Å². The fourth-order valence-corrected chi connectivity index (χ4v) is 3.50. The van der Waals surface area contributed by atoms with E-state index < -0.39 is 0 Å². The van der Waals surface area contributed by atoms with Crippen LogP contribution in [0.25, 0.3) is 0 Å². The Hall–Kier alpha value is -1.42. The van der Waals surface area contributed by atoms with Crippen LogP contribution >= 0.6 is 0 Å². The third-order valence-electron chi connectivity index (χ3n) is 4.61. The Morgan fingerprint density at radius 2 is 1.75 bits per heavy atom. The second kappa shape index (κ2) is 5.52. The Bertz CT molecular complexity index is 461. The zero-order chi connectivity index (χ0) is 14.1. The van der Waals surface area contributed by atoms with Crippen molar-refractivity contribution in [2.75, 3.05) is 41.8 Å². The second-order valence-electron chi connectivity index (χ2n) is 6.03. The molecule has 0 aromatic heterocycles. The van der Waals surface area contributed by atoms with Crippen LogP contribution in [0.5, 0.6) is 0 Å². The van der Waals surface area contributed by atoms with Crippen molar-refractivity contribution in [2.45, 2.75) is 38.8 Å². The topological polar surface area (TPSA) is 41.7 Å². The summed E-state index contributed by atoms with van der Waals surface area (Å²) in [6.45, 7) is 8.05. The molecule has 110 valence electrons. The summed E-state index contributed by atoms with van der Waals surface area (Å²) >= 11 is 0. The molecule has 0 spiro atoms. The van der Waals surface area contributed by atoms with Crippen LogP contribution in [-0.2, 0) is 4.74 Å². The minimum atomic E-state index is 0.610. The van der Waals surface area contributed by atoms with Crippen LogP contribution in [-0.4, -0.2) is 38.4 Å². The van der Waals surface area contributed by atoms with Gasteiger partial charge in [0.1, 0.15) is 0 Å². The molecule has 0 bridgehead atoms. The van der Waals surface area contributed by atoms with Crippen molar-refractivity contribution >= 4 is 17.1 Å². The van der Waals surface area contributed by atoms with Crippen LogP contribution in [0.4, 0.5) is 17.1 Å². The predicted molar refractivity (Wildman–Crippen MR) is 84.5 cm³/mol. The van der Waals surface area contributed by atoms with E-state index in [1.807, 2.05) is 0 Å². The van der Waals surface area contributed by atoms with Gasteiger partial charge in [0.15, 0.2) is 0 Å². The van der Waals surface area contributed by atoms with E-state index in [0.29, 0.717) is 12.1 Å². The first-order valence-corrected chi connectivity index (χ1v) is 7.67. The Labute approximate surface area is 121 Å². The third kappa shape index (κ3) is 2.44. The lowest BCUT2D eigenvalue weighted by Crippen LogP contribution is -2.37. The predicted octanol–water partition coefficient (Wildman–Crippen LogP) is 2.48. The van der Waals surface area contributed by atoms with Gasteiger partial charge in [0.2, 0.25) is 0 Å². The fraction of sp³-hybridized carbons (Fsp3) is 0.625. The first-order valence-electron chi connectivity index (χ1n) is 7.67. The van der Waals surface area contributed by atoms with Crippen LogP contribution in [0.15, 0.2) is 18.2 Å². The molecule has 2 aliphatic rings. The molecule has 4 heteroatoms. The quantitative estimate of drug-likeness (QED) is 0.842. The fourth-order valence-electron chi connectivity index (χ4n) is 3.50. The molecule has 4 nitrogen and oxygen atoms in total. The SMILES string of the molecule is CC1CCC(C)N1c1ccc(N2CCOCC2)c(N)c1. The number of hydrogen-bond donors (Lipinski definition) is 1. The molecule has 2 heterocycles. The highest BCUT2D eigenvalue weighted by atomic mass is 16.5. The van der Waals surface area contributed by atoms with Gasteiger partial charge < -0.3 is 20.3 Å². The van der Waals surface area contributed by atoms with E-state index in [4.69, 9.17) is 10.5 Å². The highest BCUT2D eigenvalue weighted by Gasteiger charge is 2.27. The molecule has 0 amide bonds. The first kappa shape index (κ1) is 13.6. The summed E-state index contributed by atoms with van der Waals surface area (Å²) in [5.74, 6) is 0. The van der Waals surface area contributed by atoms with Crippen LogP contribution in [0, 0.1) is 0 Å². The van der Waals surface area contributed by atoms with Crippen molar-refractivity contribution < 1.29 is 4.74 Å². The number of ether oxygens (including phenoxy) is 1. The van der Waals surface area contributed by atoms with Crippen molar-refractivity contribution in [1.82, 2.24) is 0 Å². The number of rotatable bonds is 2. The summed E-state index contributed by atoms with van der Waals surface area (Å²) in [5, 5.41) is 0. The van der Waals surface area contributed by atoms with Crippen LogP contribution < -0.4 is 15.5 Å². The van der Waals surface area contributed by atoms with Gasteiger partial charge in [-0.2, -0.15) is 0 Å². The van der Waals surface area contributed by atoms with Gasteiger partial charge in [-0.05, 0) is 44.9 Å². The summed E-state index contributed by atoms with van der Waals surface area (Å²) in [7, 11) is 0. The van der Waals surface area contributed by atoms with E-state index in [2.05, 4.69) is 41.8 Å². The molecule has 1 aromatic carbocycles. The zero-order valence-corrected chi connectivity index (χ0v) is 12.5. The molecule has 2 fully saturated rings. The maximum absolute atomic E-state index is 6.30. The Kier molecular flexibility index (Phi) is 3.74. The van der Waals surface area contributed by atoms with Crippen molar-refractivity contribution in [3.63, 3.8) is 0 Å². The van der Waals surface area contributed by atoms with Gasteiger partial charge in [0.05, 0.1) is 24.6 Å². The van der Waals surface area contributed by atoms with E-state index in [1.54, 1.807) is 0 Å². The van der Waals surface area contributed by atoms with E-state index in [1.165, 1.54) is 18.5 Å². The van der Waals surface area contributed by atoms with Gasteiger partial charge in [-0.3, -0.25) is 0 Å². The number of hydrogen-bond acceptors (Lipinski definition) is 4. The van der Waals surface area contributed by atoms with Gasteiger partial charge in [-0.25, -0.2) is 0 Å². The van der Waals surface area contributed by atoms with Crippen molar-refractivity contribution in [2.24, 2.45) is 0 Å². The highest BCUT2D eigenvalue weighted by molar-refractivity contribution is 5.73. The lowest BCUT2D eigenvalue weighted by Gasteiger charge is -2.32. The van der Waals surface area contributed by atoms with E-state index in [-0.39, 0.29) is 0 Å². The number of anilines is 3. The molecule has 20 heavy (non-hydrogen) atoms. The van der Waals surface area contributed by atoms with Crippen LogP contribution in [0.2, 0.25) is 0 Å². The molecule has 2 aliphatic heterocycles. The molecule has 2 N–H and O–H groups in total. The summed E-state index contributed by atoms with van der Waals surface area (Å²) < 4.78 is 5.40. The van der Waals surface area contributed by atoms with Gasteiger partial charge in [0.25, 0.3) is 0 Å². The monoisotopic (exact) mass is 275 g/mol. The Morgan fingerprint density at radius 1 is 1.10 bits per heavy atom. The maximum Gasteiger partial charge on any atom is 0.0642 e. The van der Waals surface area contributed by atoms with Gasteiger partial charge in [-0.15, -0.1) is 0 Å². The van der Waals surface area contributed by atoms with Crippen LogP contribution in [0.3, 0.4) is 0 Å². The molecular weight excluding hydrogens is 250 g/mol.